The zero-order valence-electron chi connectivity index (χ0n) is 11.6. The number of nitrogens with two attached hydrogens (primary N) is 1. The molecule has 1 unspecified atom stereocenters. The van der Waals surface area contributed by atoms with Gasteiger partial charge in [0.15, 0.2) is 0 Å². The van der Waals surface area contributed by atoms with Crippen LogP contribution in [0.4, 0.5) is 5.95 Å². The molecule has 1 aromatic carbocycles. The number of primary amides is 1. The van der Waals surface area contributed by atoms with E-state index in [1.165, 1.54) is 11.8 Å². The van der Waals surface area contributed by atoms with Crippen molar-refractivity contribution in [1.82, 2.24) is 9.97 Å². The average molecular weight is 355 g/mol. The molecule has 5 nitrogen and oxygen atoms in total. The van der Waals surface area contributed by atoms with Crippen LogP contribution in [0.1, 0.15) is 5.56 Å². The van der Waals surface area contributed by atoms with Gasteiger partial charge in [-0.1, -0.05) is 41.0 Å². The number of carbonyl (C=O) groups is 1. The maximum atomic E-state index is 11.5. The Bertz CT molecular complexity index is 769. The van der Waals surface area contributed by atoms with Gasteiger partial charge in [-0.25, -0.2) is 9.97 Å². The number of aromatic nitrogens is 2. The van der Waals surface area contributed by atoms with E-state index in [0.717, 1.165) is 21.8 Å². The third-order valence-electron chi connectivity index (χ3n) is 3.35. The summed E-state index contributed by atoms with van der Waals surface area (Å²) < 4.78 is 0. The highest BCUT2D eigenvalue weighted by Crippen LogP contribution is 2.41. The zero-order chi connectivity index (χ0) is 15.9. The predicted octanol–water partition coefficient (Wildman–Crippen LogP) is 2.99. The van der Waals surface area contributed by atoms with Crippen molar-refractivity contribution in [3.05, 3.63) is 33.8 Å². The van der Waals surface area contributed by atoms with Crippen molar-refractivity contribution < 1.29 is 4.79 Å². The molecular weight excluding hydrogens is 343 g/mol. The van der Waals surface area contributed by atoms with Gasteiger partial charge in [0, 0.05) is 18.2 Å². The smallest absolute Gasteiger partial charge is 0.231 e. The summed E-state index contributed by atoms with van der Waals surface area (Å²) in [5.41, 5.74) is 7.90. The summed E-state index contributed by atoms with van der Waals surface area (Å²) >= 11 is 13.4. The zero-order valence-corrected chi connectivity index (χ0v) is 13.9. The molecule has 3 N–H and O–H groups in total. The largest absolute Gasteiger partial charge is 0.369 e. The minimum atomic E-state index is -0.353. The molecule has 1 aliphatic rings. The Kier molecular flexibility index (Phi) is 4.16. The first-order valence-electron chi connectivity index (χ1n) is 6.49. The highest BCUT2D eigenvalue weighted by Gasteiger charge is 2.31. The van der Waals surface area contributed by atoms with Crippen LogP contribution < -0.4 is 11.1 Å². The Morgan fingerprint density at radius 2 is 2.14 bits per heavy atom. The molecule has 0 saturated carbocycles. The molecule has 0 radical (unpaired) electrons. The lowest BCUT2D eigenvalue weighted by Gasteiger charge is -2.10. The first kappa shape index (κ1) is 15.4. The van der Waals surface area contributed by atoms with Crippen molar-refractivity contribution >= 4 is 46.8 Å². The molecule has 8 heteroatoms. The maximum Gasteiger partial charge on any atom is 0.231 e. The molecule has 1 amide bonds. The van der Waals surface area contributed by atoms with Crippen LogP contribution in [0.3, 0.4) is 0 Å². The van der Waals surface area contributed by atoms with Gasteiger partial charge in [0.2, 0.25) is 11.9 Å². The number of hydrogen-bond acceptors (Lipinski definition) is 5. The lowest BCUT2D eigenvalue weighted by atomic mass is 10.0. The quantitative estimate of drug-likeness (QED) is 0.828. The molecule has 1 atom stereocenters. The first-order chi connectivity index (χ1) is 10.5. The number of nitrogens with one attached hydrogen (secondary N) is 1. The van der Waals surface area contributed by atoms with Gasteiger partial charge < -0.3 is 11.1 Å². The SMILES string of the molecule is CNc1nc2c(c(-c3ccc(Cl)c(Cl)c3)n1)CC(C(N)=O)S2. The second-order valence-corrected chi connectivity index (χ2v) is 6.78. The van der Waals surface area contributed by atoms with Crippen LogP contribution in [-0.4, -0.2) is 28.2 Å². The summed E-state index contributed by atoms with van der Waals surface area (Å²) in [6, 6.07) is 5.33. The van der Waals surface area contributed by atoms with E-state index in [4.69, 9.17) is 28.9 Å². The van der Waals surface area contributed by atoms with Crippen LogP contribution in [-0.2, 0) is 11.2 Å². The second kappa shape index (κ2) is 5.95. The van der Waals surface area contributed by atoms with Crippen LogP contribution in [0.2, 0.25) is 10.0 Å². The van der Waals surface area contributed by atoms with Crippen LogP contribution in [0.5, 0.6) is 0 Å². The fourth-order valence-corrected chi connectivity index (χ4v) is 3.65. The van der Waals surface area contributed by atoms with E-state index < -0.39 is 0 Å². The number of carbonyl (C=O) groups excluding carboxylic acids is 1. The van der Waals surface area contributed by atoms with E-state index in [1.54, 1.807) is 19.2 Å². The molecule has 114 valence electrons. The molecule has 0 bridgehead atoms. The minimum Gasteiger partial charge on any atom is -0.369 e. The third kappa shape index (κ3) is 2.74. The second-order valence-electron chi connectivity index (χ2n) is 4.77. The van der Waals surface area contributed by atoms with E-state index in [1.807, 2.05) is 6.07 Å². The van der Waals surface area contributed by atoms with E-state index in [0.29, 0.717) is 22.4 Å². The lowest BCUT2D eigenvalue weighted by molar-refractivity contribution is -0.117. The standard InChI is InChI=1S/C14H12Cl2N4OS/c1-18-14-19-11(6-2-3-8(15)9(16)4-6)7-5-10(12(17)21)22-13(7)20-14/h2-4,10H,5H2,1H3,(H2,17,21)(H,18,19,20). The highest BCUT2D eigenvalue weighted by molar-refractivity contribution is 8.00. The van der Waals surface area contributed by atoms with Crippen LogP contribution in [0.25, 0.3) is 11.3 Å². The van der Waals surface area contributed by atoms with Gasteiger partial charge in [-0.15, -0.1) is 0 Å². The van der Waals surface area contributed by atoms with Crippen LogP contribution in [0, 0.1) is 0 Å². The summed E-state index contributed by atoms with van der Waals surface area (Å²) in [7, 11) is 1.74. The van der Waals surface area contributed by atoms with Gasteiger partial charge >= 0.3 is 0 Å². The van der Waals surface area contributed by atoms with Crippen molar-refractivity contribution in [3.63, 3.8) is 0 Å². The molecule has 0 saturated heterocycles. The third-order valence-corrected chi connectivity index (χ3v) is 5.33. The Morgan fingerprint density at radius 1 is 1.36 bits per heavy atom. The van der Waals surface area contributed by atoms with Crippen molar-refractivity contribution in [2.75, 3.05) is 12.4 Å². The number of anilines is 1. The molecule has 0 spiro atoms. The number of amides is 1. The molecule has 1 aromatic heterocycles. The van der Waals surface area contributed by atoms with Crippen LogP contribution >= 0.6 is 35.0 Å². The van der Waals surface area contributed by atoms with Gasteiger partial charge in [0.1, 0.15) is 5.03 Å². The van der Waals surface area contributed by atoms with Crippen LogP contribution in [0.15, 0.2) is 23.2 Å². The summed E-state index contributed by atoms with van der Waals surface area (Å²) in [5, 5.41) is 4.31. The monoisotopic (exact) mass is 354 g/mol. The average Bonchev–Trinajstić information content (AvgIpc) is 2.93. The van der Waals surface area contributed by atoms with Gasteiger partial charge in [0.25, 0.3) is 0 Å². The molecule has 1 aliphatic heterocycles. The fraction of sp³-hybridized carbons (Fsp3) is 0.214. The normalized spacial score (nSPS) is 16.4. The van der Waals surface area contributed by atoms with Gasteiger partial charge in [-0.3, -0.25) is 4.79 Å². The van der Waals surface area contributed by atoms with Crippen molar-refractivity contribution in [2.24, 2.45) is 5.73 Å². The minimum absolute atomic E-state index is 0.321. The molecule has 0 aliphatic carbocycles. The highest BCUT2D eigenvalue weighted by atomic mass is 35.5. The predicted molar refractivity (Wildman–Crippen MR) is 89.6 cm³/mol. The Morgan fingerprint density at radius 3 is 2.77 bits per heavy atom. The Balaban J connectivity index is 2.14. The molecule has 2 aromatic rings. The van der Waals surface area contributed by atoms with E-state index >= 15 is 0 Å². The first-order valence-corrected chi connectivity index (χ1v) is 8.13. The lowest BCUT2D eigenvalue weighted by Crippen LogP contribution is -2.24. The number of fused-ring (bicyclic) bond motifs is 1. The summed E-state index contributed by atoms with van der Waals surface area (Å²) in [6.07, 6.45) is 0.509. The molecule has 0 fully saturated rings. The van der Waals surface area contributed by atoms with Gasteiger partial charge in [-0.05, 0) is 18.6 Å². The Hall–Kier alpha value is -1.50. The van der Waals surface area contributed by atoms with Gasteiger partial charge in [0.05, 0.1) is 21.0 Å². The van der Waals surface area contributed by atoms with Crippen molar-refractivity contribution in [1.29, 1.82) is 0 Å². The number of halogens is 2. The summed E-state index contributed by atoms with van der Waals surface area (Å²) in [6.45, 7) is 0. The maximum absolute atomic E-state index is 11.5. The Labute approximate surface area is 141 Å². The van der Waals surface area contributed by atoms with E-state index in [-0.39, 0.29) is 11.2 Å². The molecule has 2 heterocycles. The van der Waals surface area contributed by atoms with E-state index in [9.17, 15) is 4.79 Å². The topological polar surface area (TPSA) is 80.9 Å². The fourth-order valence-electron chi connectivity index (χ4n) is 2.26. The molecule has 22 heavy (non-hydrogen) atoms. The van der Waals surface area contributed by atoms with Gasteiger partial charge in [-0.2, -0.15) is 0 Å². The van der Waals surface area contributed by atoms with Crippen molar-refractivity contribution in [3.8, 4) is 11.3 Å². The number of benzene rings is 1. The molecular formula is C14H12Cl2N4OS. The number of rotatable bonds is 3. The number of nitrogens with zero attached hydrogens (tertiary/aromatic N) is 2. The number of hydrogen-bond donors (Lipinski definition) is 2. The number of thioether (sulfide) groups is 1. The van der Waals surface area contributed by atoms with E-state index in [2.05, 4.69) is 15.3 Å². The van der Waals surface area contributed by atoms with Crippen molar-refractivity contribution in [2.45, 2.75) is 16.7 Å². The summed E-state index contributed by atoms with van der Waals surface area (Å²) in [4.78, 5) is 20.4. The summed E-state index contributed by atoms with van der Waals surface area (Å²) in [5.74, 6) is 0.131. The molecule has 3 rings (SSSR count).